The highest BCUT2D eigenvalue weighted by Crippen LogP contribution is 2.18. The van der Waals surface area contributed by atoms with E-state index in [0.717, 1.165) is 12.8 Å². The molecule has 2 aromatic carbocycles. The minimum absolute atomic E-state index is 0.0857. The van der Waals surface area contributed by atoms with Gasteiger partial charge in [-0.05, 0) is 55.0 Å². The smallest absolute Gasteiger partial charge is 0.261 e. The van der Waals surface area contributed by atoms with Crippen molar-refractivity contribution in [2.75, 3.05) is 11.3 Å². The van der Waals surface area contributed by atoms with Gasteiger partial charge in [-0.2, -0.15) is 0 Å². The van der Waals surface area contributed by atoms with Crippen LogP contribution in [0.1, 0.15) is 30.1 Å². The van der Waals surface area contributed by atoms with Crippen molar-refractivity contribution >= 4 is 33.2 Å². The Kier molecular flexibility index (Phi) is 6.23. The van der Waals surface area contributed by atoms with Crippen LogP contribution in [0.15, 0.2) is 53.4 Å². The van der Waals surface area contributed by atoms with Crippen molar-refractivity contribution in [3.05, 3.63) is 59.1 Å². The van der Waals surface area contributed by atoms with E-state index in [2.05, 4.69) is 10.0 Å². The van der Waals surface area contributed by atoms with Crippen molar-refractivity contribution < 1.29 is 13.2 Å². The molecule has 2 rings (SSSR count). The van der Waals surface area contributed by atoms with E-state index in [1.807, 2.05) is 6.92 Å². The zero-order chi connectivity index (χ0) is 17.6. The summed E-state index contributed by atoms with van der Waals surface area (Å²) in [6, 6.07) is 12.2. The molecular weight excluding hydrogens is 348 g/mol. The van der Waals surface area contributed by atoms with Crippen LogP contribution < -0.4 is 10.0 Å². The molecule has 24 heavy (non-hydrogen) atoms. The van der Waals surface area contributed by atoms with Crippen molar-refractivity contribution in [2.24, 2.45) is 0 Å². The first kappa shape index (κ1) is 18.3. The van der Waals surface area contributed by atoms with Gasteiger partial charge in [-0.1, -0.05) is 24.9 Å². The molecule has 2 aromatic rings. The Hall–Kier alpha value is -2.05. The van der Waals surface area contributed by atoms with Gasteiger partial charge >= 0.3 is 0 Å². The Bertz CT molecular complexity index is 788. The zero-order valence-electron chi connectivity index (χ0n) is 13.3. The van der Waals surface area contributed by atoms with E-state index in [4.69, 9.17) is 11.6 Å². The average molecular weight is 367 g/mol. The van der Waals surface area contributed by atoms with E-state index in [9.17, 15) is 13.2 Å². The van der Waals surface area contributed by atoms with Crippen LogP contribution in [0.5, 0.6) is 0 Å². The molecule has 7 heteroatoms. The molecule has 0 saturated carbocycles. The summed E-state index contributed by atoms with van der Waals surface area (Å²) in [5.41, 5.74) is 0.845. The number of carbonyl (C=O) groups is 1. The second-order valence-electron chi connectivity index (χ2n) is 5.25. The number of nitrogens with one attached hydrogen (secondary N) is 2. The molecule has 0 aliphatic rings. The summed E-state index contributed by atoms with van der Waals surface area (Å²) >= 11 is 5.78. The summed E-state index contributed by atoms with van der Waals surface area (Å²) in [7, 11) is -3.71. The minimum Gasteiger partial charge on any atom is -0.352 e. The Balaban J connectivity index is 2.08. The SMILES string of the molecule is CCCCNC(=O)c1ccc(S(=O)(=O)Nc2ccc(Cl)cc2)cc1. The third-order valence-corrected chi connectivity index (χ3v) is 4.99. The number of rotatable bonds is 7. The largest absolute Gasteiger partial charge is 0.352 e. The molecule has 0 unspecified atom stereocenters. The second-order valence-corrected chi connectivity index (χ2v) is 7.37. The number of hydrogen-bond donors (Lipinski definition) is 2. The van der Waals surface area contributed by atoms with Gasteiger partial charge in [-0.25, -0.2) is 8.42 Å². The molecule has 128 valence electrons. The quantitative estimate of drug-likeness (QED) is 0.734. The number of hydrogen-bond acceptors (Lipinski definition) is 3. The van der Waals surface area contributed by atoms with Gasteiger partial charge in [0.05, 0.1) is 4.90 Å². The van der Waals surface area contributed by atoms with E-state index >= 15 is 0 Å². The van der Waals surface area contributed by atoms with Crippen molar-refractivity contribution in [3.8, 4) is 0 Å². The van der Waals surface area contributed by atoms with Gasteiger partial charge in [0.25, 0.3) is 15.9 Å². The maximum atomic E-state index is 12.3. The second kappa shape index (κ2) is 8.17. The summed E-state index contributed by atoms with van der Waals surface area (Å²) in [6.07, 6.45) is 1.90. The highest BCUT2D eigenvalue weighted by Gasteiger charge is 2.15. The number of unbranched alkanes of at least 4 members (excludes halogenated alkanes) is 1. The molecule has 0 aromatic heterocycles. The summed E-state index contributed by atoms with van der Waals surface area (Å²) in [5.74, 6) is -0.210. The van der Waals surface area contributed by atoms with Crippen LogP contribution in [0.3, 0.4) is 0 Å². The first-order valence-electron chi connectivity index (χ1n) is 7.59. The fourth-order valence-electron chi connectivity index (χ4n) is 2.00. The van der Waals surface area contributed by atoms with Crippen LogP contribution in [0.25, 0.3) is 0 Å². The van der Waals surface area contributed by atoms with Gasteiger partial charge in [0.2, 0.25) is 0 Å². The van der Waals surface area contributed by atoms with E-state index < -0.39 is 10.0 Å². The molecule has 0 heterocycles. The molecular formula is C17H19ClN2O3S. The summed E-state index contributed by atoms with van der Waals surface area (Å²) in [5, 5.41) is 3.31. The molecule has 2 N–H and O–H groups in total. The lowest BCUT2D eigenvalue weighted by Gasteiger charge is -2.09. The first-order chi connectivity index (χ1) is 11.4. The number of halogens is 1. The maximum Gasteiger partial charge on any atom is 0.261 e. The van der Waals surface area contributed by atoms with Gasteiger partial charge in [-0.3, -0.25) is 9.52 Å². The monoisotopic (exact) mass is 366 g/mol. The first-order valence-corrected chi connectivity index (χ1v) is 9.45. The van der Waals surface area contributed by atoms with Crippen molar-refractivity contribution in [2.45, 2.75) is 24.7 Å². The number of amides is 1. The molecule has 0 aliphatic carbocycles. The van der Waals surface area contributed by atoms with Crippen LogP contribution >= 0.6 is 11.6 Å². The molecule has 0 spiro atoms. The Morgan fingerprint density at radius 3 is 2.25 bits per heavy atom. The summed E-state index contributed by atoms with van der Waals surface area (Å²) in [4.78, 5) is 12.0. The van der Waals surface area contributed by atoms with Crippen molar-refractivity contribution in [1.29, 1.82) is 0 Å². The maximum absolute atomic E-state index is 12.3. The van der Waals surface area contributed by atoms with Gasteiger partial charge in [0, 0.05) is 22.8 Å². The lowest BCUT2D eigenvalue weighted by molar-refractivity contribution is 0.0953. The molecule has 5 nitrogen and oxygen atoms in total. The normalized spacial score (nSPS) is 11.1. The lowest BCUT2D eigenvalue weighted by atomic mass is 10.2. The predicted molar refractivity (Wildman–Crippen MR) is 95.9 cm³/mol. The van der Waals surface area contributed by atoms with Crippen molar-refractivity contribution in [3.63, 3.8) is 0 Å². The highest BCUT2D eigenvalue weighted by atomic mass is 35.5. The fourth-order valence-corrected chi connectivity index (χ4v) is 3.18. The molecule has 0 bridgehead atoms. The molecule has 0 fully saturated rings. The van der Waals surface area contributed by atoms with Crippen molar-refractivity contribution in [1.82, 2.24) is 5.32 Å². The molecule has 1 amide bonds. The van der Waals surface area contributed by atoms with E-state index in [1.54, 1.807) is 24.3 Å². The fraction of sp³-hybridized carbons (Fsp3) is 0.235. The van der Waals surface area contributed by atoms with E-state index in [0.29, 0.717) is 22.8 Å². The van der Waals surface area contributed by atoms with Gasteiger partial charge in [0.1, 0.15) is 0 Å². The van der Waals surface area contributed by atoms with Crippen LogP contribution in [0, 0.1) is 0 Å². The van der Waals surface area contributed by atoms with Crippen LogP contribution in [0.4, 0.5) is 5.69 Å². The number of anilines is 1. The molecule has 0 aliphatic heterocycles. The molecule has 0 saturated heterocycles. The number of sulfonamides is 1. The Morgan fingerprint density at radius 2 is 1.67 bits per heavy atom. The highest BCUT2D eigenvalue weighted by molar-refractivity contribution is 7.92. The van der Waals surface area contributed by atoms with Gasteiger partial charge < -0.3 is 5.32 Å². The van der Waals surface area contributed by atoms with E-state index in [1.165, 1.54) is 24.3 Å². The topological polar surface area (TPSA) is 75.3 Å². The predicted octanol–water partition coefficient (Wildman–Crippen LogP) is 3.67. The Morgan fingerprint density at radius 1 is 1.04 bits per heavy atom. The number of carbonyl (C=O) groups excluding carboxylic acids is 1. The third-order valence-electron chi connectivity index (χ3n) is 3.34. The third kappa shape index (κ3) is 4.97. The molecule has 0 radical (unpaired) electrons. The minimum atomic E-state index is -3.71. The summed E-state index contributed by atoms with van der Waals surface area (Å²) < 4.78 is 27.1. The van der Waals surface area contributed by atoms with Gasteiger partial charge in [-0.15, -0.1) is 0 Å². The van der Waals surface area contributed by atoms with Crippen LogP contribution in [0.2, 0.25) is 5.02 Å². The number of benzene rings is 2. The van der Waals surface area contributed by atoms with E-state index in [-0.39, 0.29) is 10.8 Å². The lowest BCUT2D eigenvalue weighted by Crippen LogP contribution is -2.24. The van der Waals surface area contributed by atoms with Gasteiger partial charge in [0.15, 0.2) is 0 Å². The summed E-state index contributed by atoms with van der Waals surface area (Å²) in [6.45, 7) is 2.65. The zero-order valence-corrected chi connectivity index (χ0v) is 14.8. The average Bonchev–Trinajstić information content (AvgIpc) is 2.57. The Labute approximate surface area is 147 Å². The van der Waals surface area contributed by atoms with Crippen LogP contribution in [-0.2, 0) is 10.0 Å². The molecule has 0 atom stereocenters. The standard InChI is InChI=1S/C17H19ClN2O3S/c1-2-3-12-19-17(21)13-4-10-16(11-5-13)24(22,23)20-15-8-6-14(18)7-9-15/h4-11,20H,2-3,12H2,1H3,(H,19,21). The van der Waals surface area contributed by atoms with Crippen LogP contribution in [-0.4, -0.2) is 20.9 Å².